The molecule has 160 valence electrons. The zero-order chi connectivity index (χ0) is 20.5. The second-order valence-electron chi connectivity index (χ2n) is 7.55. The predicted octanol–water partition coefficient (Wildman–Crippen LogP) is 3.13. The minimum absolute atomic E-state index is 0.103. The number of hydrogen-bond acceptors (Lipinski definition) is 5. The Labute approximate surface area is 164 Å². The van der Waals surface area contributed by atoms with E-state index in [1.165, 1.54) is 64.2 Å². The van der Waals surface area contributed by atoms with Crippen LogP contribution >= 0.6 is 0 Å². The normalized spacial score (nSPS) is 16.3. The first-order chi connectivity index (χ1) is 12.9. The third-order valence-electron chi connectivity index (χ3n) is 5.07. The largest absolute Gasteiger partial charge is 0.480 e. The minimum Gasteiger partial charge on any atom is -0.480 e. The first-order valence-electron chi connectivity index (χ1n) is 10.5. The SMILES string of the molecule is CCCCCCCCCCCCC/C=C\C[C@@H](O)[C@H](O)[C@@](N)(CO)C(=O)O. The summed E-state index contributed by atoms with van der Waals surface area (Å²) in [5, 5.41) is 37.8. The number of nitrogens with two attached hydrogens (primary N) is 1. The molecule has 0 aliphatic carbocycles. The minimum atomic E-state index is -2.25. The Morgan fingerprint density at radius 2 is 1.41 bits per heavy atom. The molecule has 0 unspecified atom stereocenters. The molecule has 0 radical (unpaired) electrons. The molecule has 0 aliphatic rings. The van der Waals surface area contributed by atoms with Crippen LogP contribution in [0.2, 0.25) is 0 Å². The van der Waals surface area contributed by atoms with Gasteiger partial charge in [-0.1, -0.05) is 83.3 Å². The van der Waals surface area contributed by atoms with Gasteiger partial charge in [-0.3, -0.25) is 4.79 Å². The molecule has 0 saturated carbocycles. The summed E-state index contributed by atoms with van der Waals surface area (Å²) < 4.78 is 0. The molecule has 6 heteroatoms. The molecular weight excluding hydrogens is 346 g/mol. The zero-order valence-electron chi connectivity index (χ0n) is 17.0. The van der Waals surface area contributed by atoms with Gasteiger partial charge in [-0.25, -0.2) is 0 Å². The second kappa shape index (κ2) is 16.0. The van der Waals surface area contributed by atoms with Crippen molar-refractivity contribution in [2.24, 2.45) is 5.73 Å². The van der Waals surface area contributed by atoms with Crippen molar-refractivity contribution in [3.05, 3.63) is 12.2 Å². The van der Waals surface area contributed by atoms with Gasteiger partial charge in [-0.15, -0.1) is 0 Å². The second-order valence-corrected chi connectivity index (χ2v) is 7.55. The number of carbonyl (C=O) groups is 1. The van der Waals surface area contributed by atoms with Crippen molar-refractivity contribution < 1.29 is 25.2 Å². The summed E-state index contributed by atoms with van der Waals surface area (Å²) in [6, 6.07) is 0. The number of allylic oxidation sites excluding steroid dienone is 1. The van der Waals surface area contributed by atoms with E-state index in [0.29, 0.717) is 0 Å². The summed E-state index contributed by atoms with van der Waals surface area (Å²) >= 11 is 0. The van der Waals surface area contributed by atoms with E-state index in [1.54, 1.807) is 6.08 Å². The Morgan fingerprint density at radius 1 is 0.926 bits per heavy atom. The van der Waals surface area contributed by atoms with Crippen molar-refractivity contribution in [2.45, 2.75) is 108 Å². The molecule has 6 nitrogen and oxygen atoms in total. The van der Waals surface area contributed by atoms with Gasteiger partial charge >= 0.3 is 5.97 Å². The number of unbranched alkanes of at least 4 members (excludes halogenated alkanes) is 11. The van der Waals surface area contributed by atoms with Crippen LogP contribution in [0.3, 0.4) is 0 Å². The summed E-state index contributed by atoms with van der Waals surface area (Å²) in [6.07, 6.45) is 15.8. The number of carboxylic acids is 1. The molecule has 0 rings (SSSR count). The van der Waals surface area contributed by atoms with Crippen LogP contribution in [0, 0.1) is 0 Å². The molecule has 0 aromatic carbocycles. The fourth-order valence-electron chi connectivity index (χ4n) is 3.04. The van der Waals surface area contributed by atoms with Crippen molar-refractivity contribution in [3.63, 3.8) is 0 Å². The van der Waals surface area contributed by atoms with Crippen molar-refractivity contribution in [3.8, 4) is 0 Å². The maximum atomic E-state index is 11.0. The predicted molar refractivity (Wildman–Crippen MR) is 108 cm³/mol. The number of aliphatic hydroxyl groups excluding tert-OH is 3. The molecule has 0 heterocycles. The van der Waals surface area contributed by atoms with E-state index in [9.17, 15) is 15.0 Å². The average Bonchev–Trinajstić information content (AvgIpc) is 2.66. The summed E-state index contributed by atoms with van der Waals surface area (Å²) in [5.41, 5.74) is 3.20. The Morgan fingerprint density at radius 3 is 1.85 bits per heavy atom. The third kappa shape index (κ3) is 11.5. The van der Waals surface area contributed by atoms with Crippen LogP contribution in [-0.4, -0.2) is 50.7 Å². The molecule has 3 atom stereocenters. The summed E-state index contributed by atoms with van der Waals surface area (Å²) in [7, 11) is 0. The molecule has 0 aliphatic heterocycles. The van der Waals surface area contributed by atoms with Gasteiger partial charge in [0.25, 0.3) is 0 Å². The molecule has 0 bridgehead atoms. The van der Waals surface area contributed by atoms with Crippen molar-refractivity contribution in [1.82, 2.24) is 0 Å². The zero-order valence-corrected chi connectivity index (χ0v) is 17.0. The first-order valence-corrected chi connectivity index (χ1v) is 10.5. The summed E-state index contributed by atoms with van der Waals surface area (Å²) in [6.45, 7) is 1.30. The highest BCUT2D eigenvalue weighted by molar-refractivity contribution is 5.79. The quantitative estimate of drug-likeness (QED) is 0.182. The van der Waals surface area contributed by atoms with E-state index in [-0.39, 0.29) is 6.42 Å². The van der Waals surface area contributed by atoms with E-state index in [2.05, 4.69) is 6.92 Å². The number of carboxylic acid groups (broad SMARTS) is 1. The van der Waals surface area contributed by atoms with Gasteiger partial charge in [0.1, 0.15) is 6.10 Å². The maximum Gasteiger partial charge on any atom is 0.328 e. The Hall–Kier alpha value is -0.950. The van der Waals surface area contributed by atoms with E-state index >= 15 is 0 Å². The molecular formula is C21H41NO5. The lowest BCUT2D eigenvalue weighted by Gasteiger charge is -2.30. The standard InChI is InChI=1S/C21H41NO5/c1-2-3-4-5-6-7-8-9-10-11-12-13-14-15-16-18(24)19(25)21(22,17-23)20(26)27/h14-15,18-19,23-25H,2-13,16-17,22H2,1H3,(H,26,27)/b15-14-/t18-,19+,21+/m1/s1. The van der Waals surface area contributed by atoms with E-state index in [1.807, 2.05) is 6.08 Å². The Kier molecular flexibility index (Phi) is 15.5. The van der Waals surface area contributed by atoms with Crippen molar-refractivity contribution in [1.29, 1.82) is 0 Å². The molecule has 0 spiro atoms. The van der Waals surface area contributed by atoms with Gasteiger partial charge in [0, 0.05) is 0 Å². The number of aliphatic hydroxyl groups is 3. The highest BCUT2D eigenvalue weighted by Gasteiger charge is 2.44. The van der Waals surface area contributed by atoms with Crippen LogP contribution in [0.15, 0.2) is 12.2 Å². The molecule has 0 fully saturated rings. The third-order valence-corrected chi connectivity index (χ3v) is 5.07. The van der Waals surface area contributed by atoms with Gasteiger partial charge in [-0.05, 0) is 19.3 Å². The number of hydrogen-bond donors (Lipinski definition) is 5. The van der Waals surface area contributed by atoms with Gasteiger partial charge in [0.05, 0.1) is 12.7 Å². The number of aliphatic carboxylic acids is 1. The monoisotopic (exact) mass is 387 g/mol. The van der Waals surface area contributed by atoms with Crippen LogP contribution < -0.4 is 5.73 Å². The lowest BCUT2D eigenvalue weighted by molar-refractivity contribution is -0.154. The molecule has 27 heavy (non-hydrogen) atoms. The summed E-state index contributed by atoms with van der Waals surface area (Å²) in [4.78, 5) is 11.0. The summed E-state index contributed by atoms with van der Waals surface area (Å²) in [5.74, 6) is -1.54. The average molecular weight is 388 g/mol. The fraction of sp³-hybridized carbons (Fsp3) is 0.857. The van der Waals surface area contributed by atoms with Crippen LogP contribution in [0.1, 0.15) is 90.4 Å². The maximum absolute atomic E-state index is 11.0. The highest BCUT2D eigenvalue weighted by atomic mass is 16.4. The van der Waals surface area contributed by atoms with Crippen LogP contribution in [0.4, 0.5) is 0 Å². The van der Waals surface area contributed by atoms with Crippen LogP contribution in [-0.2, 0) is 4.79 Å². The smallest absolute Gasteiger partial charge is 0.328 e. The first kappa shape index (κ1) is 26.1. The number of rotatable bonds is 18. The van der Waals surface area contributed by atoms with Gasteiger partial charge < -0.3 is 26.2 Å². The Balaban J connectivity index is 3.68. The lowest BCUT2D eigenvalue weighted by atomic mass is 9.89. The van der Waals surface area contributed by atoms with Gasteiger partial charge in [0.15, 0.2) is 5.54 Å². The van der Waals surface area contributed by atoms with Gasteiger partial charge in [-0.2, -0.15) is 0 Å². The molecule has 0 aromatic rings. The molecule has 0 aromatic heterocycles. The van der Waals surface area contributed by atoms with Crippen molar-refractivity contribution in [2.75, 3.05) is 6.61 Å². The van der Waals surface area contributed by atoms with E-state index in [4.69, 9.17) is 15.9 Å². The fourth-order valence-corrected chi connectivity index (χ4v) is 3.04. The van der Waals surface area contributed by atoms with E-state index < -0.39 is 30.3 Å². The van der Waals surface area contributed by atoms with Gasteiger partial charge in [0.2, 0.25) is 0 Å². The van der Waals surface area contributed by atoms with Crippen LogP contribution in [0.5, 0.6) is 0 Å². The highest BCUT2D eigenvalue weighted by Crippen LogP contribution is 2.15. The molecule has 0 amide bonds. The van der Waals surface area contributed by atoms with E-state index in [0.717, 1.165) is 12.8 Å². The molecule has 0 saturated heterocycles. The molecule has 6 N–H and O–H groups in total. The Bertz CT molecular complexity index is 402. The topological polar surface area (TPSA) is 124 Å². The van der Waals surface area contributed by atoms with Crippen molar-refractivity contribution >= 4 is 5.97 Å². The van der Waals surface area contributed by atoms with Crippen LogP contribution in [0.25, 0.3) is 0 Å². The lowest BCUT2D eigenvalue weighted by Crippen LogP contribution is -2.63.